The number of nitrogens with two attached hydrogens (primary N) is 1. The van der Waals surface area contributed by atoms with E-state index in [4.69, 9.17) is 14.8 Å². The van der Waals surface area contributed by atoms with Crippen molar-refractivity contribution >= 4 is 52.8 Å². The lowest BCUT2D eigenvalue weighted by molar-refractivity contribution is 0.212. The third kappa shape index (κ3) is 4.28. The van der Waals surface area contributed by atoms with Gasteiger partial charge in [-0.15, -0.1) is 0 Å². The Hall–Kier alpha value is 0.590. The first-order valence-electron chi connectivity index (χ1n) is 5.68. The van der Waals surface area contributed by atoms with Gasteiger partial charge in [-0.1, -0.05) is 0 Å². The monoisotopic (exact) mass is 511 g/mol. The Balaban J connectivity index is 3.16. The zero-order valence-electron chi connectivity index (χ0n) is 10.6. The molecule has 108 valence electrons. The van der Waals surface area contributed by atoms with Crippen LogP contribution < -0.4 is 5.73 Å². The van der Waals surface area contributed by atoms with Gasteiger partial charge in [-0.3, -0.25) is 4.57 Å². The Morgan fingerprint density at radius 2 is 1.68 bits per heavy atom. The third-order valence-corrected chi connectivity index (χ3v) is 6.20. The molecule has 0 aromatic heterocycles. The second kappa shape index (κ2) is 7.56. The van der Waals surface area contributed by atoms with Crippen LogP contribution in [0.15, 0.2) is 12.1 Å². The van der Waals surface area contributed by atoms with Gasteiger partial charge in [0.15, 0.2) is 0 Å². The molecule has 0 unspecified atom stereocenters. The van der Waals surface area contributed by atoms with Crippen molar-refractivity contribution in [3.8, 4) is 5.75 Å². The minimum Gasteiger partial charge on any atom is -0.506 e. The maximum atomic E-state index is 12.6. The van der Waals surface area contributed by atoms with E-state index in [9.17, 15) is 9.67 Å². The zero-order chi connectivity index (χ0) is 14.6. The highest BCUT2D eigenvalue weighted by molar-refractivity contribution is 14.1. The van der Waals surface area contributed by atoms with Crippen molar-refractivity contribution in [2.75, 3.05) is 13.2 Å². The molecule has 0 spiro atoms. The fourth-order valence-electron chi connectivity index (χ4n) is 1.50. The molecule has 0 bridgehead atoms. The summed E-state index contributed by atoms with van der Waals surface area (Å²) in [6, 6.07) is 3.38. The van der Waals surface area contributed by atoms with Crippen LogP contribution in [0.1, 0.15) is 25.2 Å². The molecule has 0 aliphatic heterocycles. The van der Waals surface area contributed by atoms with Crippen LogP contribution >= 0.6 is 52.8 Å². The third-order valence-electron chi connectivity index (χ3n) is 2.34. The van der Waals surface area contributed by atoms with E-state index in [1.54, 1.807) is 26.0 Å². The van der Waals surface area contributed by atoms with E-state index >= 15 is 0 Å². The predicted molar refractivity (Wildman–Crippen MR) is 91.3 cm³/mol. The Kier molecular flexibility index (Phi) is 7.02. The van der Waals surface area contributed by atoms with Crippen molar-refractivity contribution in [3.05, 3.63) is 24.8 Å². The lowest BCUT2D eigenvalue weighted by atomic mass is 10.2. The second-order valence-electron chi connectivity index (χ2n) is 3.65. The van der Waals surface area contributed by atoms with E-state index in [-0.39, 0.29) is 19.0 Å². The Bertz CT molecular complexity index is 465. The van der Waals surface area contributed by atoms with E-state index in [0.29, 0.717) is 12.7 Å². The number of benzene rings is 1. The fourth-order valence-corrected chi connectivity index (χ4v) is 4.94. The van der Waals surface area contributed by atoms with Crippen LogP contribution in [0.2, 0.25) is 0 Å². The smallest absolute Gasteiger partial charge is 0.351 e. The molecule has 5 nitrogen and oxygen atoms in total. The summed E-state index contributed by atoms with van der Waals surface area (Å²) in [4.78, 5) is 0. The van der Waals surface area contributed by atoms with Gasteiger partial charge in [0.2, 0.25) is 0 Å². The molecule has 0 saturated heterocycles. The minimum absolute atomic E-state index is 0.194. The molecule has 0 fully saturated rings. The molecule has 8 heteroatoms. The molecule has 0 aliphatic rings. The van der Waals surface area contributed by atoms with Crippen LogP contribution in [-0.2, 0) is 13.6 Å². The SMILES string of the molecule is CCOP(=O)(OCC)[C@H](N)c1cc(I)c(O)c(I)c1. The molecule has 3 N–H and O–H groups in total. The Morgan fingerprint density at radius 3 is 2.05 bits per heavy atom. The molecule has 0 saturated carbocycles. The molecule has 0 radical (unpaired) electrons. The molecule has 1 aromatic carbocycles. The maximum absolute atomic E-state index is 12.6. The van der Waals surface area contributed by atoms with Crippen LogP contribution in [-0.4, -0.2) is 18.3 Å². The maximum Gasteiger partial charge on any atom is 0.351 e. The average Bonchev–Trinajstić information content (AvgIpc) is 2.35. The number of rotatable bonds is 6. The number of halogens is 2. The fraction of sp³-hybridized carbons (Fsp3) is 0.455. The van der Waals surface area contributed by atoms with Gasteiger partial charge in [0.05, 0.1) is 20.4 Å². The summed E-state index contributed by atoms with van der Waals surface area (Å²) in [5.74, 6) is -0.671. The average molecular weight is 511 g/mol. The second-order valence-corrected chi connectivity index (χ2v) is 8.13. The summed E-state index contributed by atoms with van der Waals surface area (Å²) < 4.78 is 24.4. The van der Waals surface area contributed by atoms with Crippen LogP contribution in [0, 0.1) is 7.14 Å². The van der Waals surface area contributed by atoms with Gasteiger partial charge in [0.1, 0.15) is 11.5 Å². The summed E-state index contributed by atoms with van der Waals surface area (Å²) >= 11 is 4.00. The van der Waals surface area contributed by atoms with Crippen molar-refractivity contribution in [2.45, 2.75) is 19.6 Å². The van der Waals surface area contributed by atoms with E-state index in [2.05, 4.69) is 0 Å². The lowest BCUT2D eigenvalue weighted by Gasteiger charge is -2.23. The summed E-state index contributed by atoms with van der Waals surface area (Å²) in [5, 5.41) is 9.73. The van der Waals surface area contributed by atoms with Crippen LogP contribution in [0.4, 0.5) is 0 Å². The van der Waals surface area contributed by atoms with Crippen LogP contribution in [0.25, 0.3) is 0 Å². The van der Waals surface area contributed by atoms with Crippen molar-refractivity contribution < 1.29 is 18.7 Å². The summed E-state index contributed by atoms with van der Waals surface area (Å²) in [6.45, 7) is 4.00. The molecular weight excluding hydrogens is 495 g/mol. The molecule has 19 heavy (non-hydrogen) atoms. The van der Waals surface area contributed by atoms with Crippen molar-refractivity contribution in [3.63, 3.8) is 0 Å². The topological polar surface area (TPSA) is 81.8 Å². The molecule has 1 rings (SSSR count). The molecular formula is C11H16I2NO4P. The first kappa shape index (κ1) is 17.6. The summed E-state index contributed by atoms with van der Waals surface area (Å²) in [6.07, 6.45) is 0. The van der Waals surface area contributed by atoms with E-state index < -0.39 is 13.4 Å². The first-order valence-corrected chi connectivity index (χ1v) is 9.45. The number of hydrogen-bond donors (Lipinski definition) is 2. The van der Waals surface area contributed by atoms with Gasteiger partial charge in [-0.2, -0.15) is 0 Å². The number of phenols is 1. The Labute approximate surface area is 140 Å². The van der Waals surface area contributed by atoms with E-state index in [1.165, 1.54) is 0 Å². The molecule has 0 aliphatic carbocycles. The molecule has 0 amide bonds. The number of aromatic hydroxyl groups is 1. The normalized spacial score (nSPS) is 13.5. The van der Waals surface area contributed by atoms with Gasteiger partial charge >= 0.3 is 7.60 Å². The van der Waals surface area contributed by atoms with Crippen molar-refractivity contribution in [1.82, 2.24) is 0 Å². The van der Waals surface area contributed by atoms with Gasteiger partial charge in [0.25, 0.3) is 0 Å². The van der Waals surface area contributed by atoms with Gasteiger partial charge in [-0.05, 0) is 76.7 Å². The van der Waals surface area contributed by atoms with Gasteiger partial charge in [0, 0.05) is 0 Å². The number of phenolic OH excluding ortho intramolecular Hbond substituents is 1. The highest BCUT2D eigenvalue weighted by Crippen LogP contribution is 2.58. The standard InChI is InChI=1S/C11H16I2NO4P/c1-3-17-19(16,18-4-2)11(14)7-5-8(12)10(15)9(13)6-7/h5-6,11,15H,3-4,14H2,1-2H3/t11-/m0/s1. The largest absolute Gasteiger partial charge is 0.506 e. The predicted octanol–water partition coefficient (Wildman–Crippen LogP) is 3.82. The van der Waals surface area contributed by atoms with Crippen molar-refractivity contribution in [2.24, 2.45) is 5.73 Å². The molecule has 1 atom stereocenters. The summed E-state index contributed by atoms with van der Waals surface area (Å²) in [5.41, 5.74) is 6.65. The van der Waals surface area contributed by atoms with Gasteiger partial charge in [-0.25, -0.2) is 0 Å². The lowest BCUT2D eigenvalue weighted by Crippen LogP contribution is -2.15. The van der Waals surface area contributed by atoms with E-state index in [0.717, 1.165) is 0 Å². The summed E-state index contributed by atoms with van der Waals surface area (Å²) in [7, 11) is -3.40. The first-order chi connectivity index (χ1) is 8.85. The number of hydrogen-bond acceptors (Lipinski definition) is 5. The minimum atomic E-state index is -3.40. The highest BCUT2D eigenvalue weighted by Gasteiger charge is 2.34. The molecule has 1 aromatic rings. The van der Waals surface area contributed by atoms with Crippen molar-refractivity contribution in [1.29, 1.82) is 0 Å². The van der Waals surface area contributed by atoms with E-state index in [1.807, 2.05) is 45.2 Å². The van der Waals surface area contributed by atoms with Crippen LogP contribution in [0.3, 0.4) is 0 Å². The zero-order valence-corrected chi connectivity index (χ0v) is 15.8. The Morgan fingerprint density at radius 1 is 1.26 bits per heavy atom. The quantitative estimate of drug-likeness (QED) is 0.449. The highest BCUT2D eigenvalue weighted by atomic mass is 127. The van der Waals surface area contributed by atoms with Crippen LogP contribution in [0.5, 0.6) is 5.75 Å². The molecule has 0 heterocycles. The van der Waals surface area contributed by atoms with Gasteiger partial charge < -0.3 is 19.9 Å².